The summed E-state index contributed by atoms with van der Waals surface area (Å²) in [6, 6.07) is 0. The number of nitrogens with zero attached hydrogens (tertiary/aromatic N) is 1. The second-order valence-corrected chi connectivity index (χ2v) is 7.81. The van der Waals surface area contributed by atoms with E-state index in [2.05, 4.69) is 4.72 Å². The monoisotopic (exact) mass is 280 g/mol. The van der Waals surface area contributed by atoms with Crippen molar-refractivity contribution in [2.24, 2.45) is 5.41 Å². The molecule has 0 aliphatic heterocycles. The Morgan fingerprint density at radius 3 is 2.33 bits per heavy atom. The Bertz CT molecular complexity index is 323. The third-order valence-electron chi connectivity index (χ3n) is 2.59. The van der Waals surface area contributed by atoms with E-state index in [0.29, 0.717) is 13.0 Å². The Kier molecular flexibility index (Phi) is 7.36. The van der Waals surface area contributed by atoms with Crippen LogP contribution in [-0.2, 0) is 10.2 Å². The van der Waals surface area contributed by atoms with Crippen LogP contribution < -0.4 is 4.72 Å². The maximum atomic E-state index is 11.8. The number of nitrogens with one attached hydrogen (secondary N) is 1. The lowest BCUT2D eigenvalue weighted by Crippen LogP contribution is -2.42. The molecule has 110 valence electrons. The molecule has 6 heteroatoms. The zero-order valence-electron chi connectivity index (χ0n) is 12.2. The minimum atomic E-state index is -3.46. The second-order valence-electron chi connectivity index (χ2n) is 5.95. The molecule has 0 rings (SSSR count). The van der Waals surface area contributed by atoms with E-state index in [1.54, 1.807) is 7.05 Å². The number of unbranched alkanes of at least 4 members (excludes halogenated alkanes) is 1. The van der Waals surface area contributed by atoms with Crippen LogP contribution in [0.1, 0.15) is 47.0 Å². The van der Waals surface area contributed by atoms with Crippen molar-refractivity contribution in [3.05, 3.63) is 0 Å². The zero-order valence-corrected chi connectivity index (χ0v) is 13.0. The largest absolute Gasteiger partial charge is 0.392 e. The Hall–Kier alpha value is -0.170. The van der Waals surface area contributed by atoms with Crippen molar-refractivity contribution in [2.45, 2.75) is 53.1 Å². The standard InChI is InChI=1S/C12H28N2O3S/c1-6-7-8-14(5)18(16,17)13-10-11(15)9-12(2,3)4/h11,13,15H,6-10H2,1-5H3. The van der Waals surface area contributed by atoms with Gasteiger partial charge < -0.3 is 5.11 Å². The second kappa shape index (κ2) is 7.43. The number of aliphatic hydroxyl groups excluding tert-OH is 1. The highest BCUT2D eigenvalue weighted by molar-refractivity contribution is 7.87. The van der Waals surface area contributed by atoms with Gasteiger partial charge in [0.05, 0.1) is 6.10 Å². The summed E-state index contributed by atoms with van der Waals surface area (Å²) in [6.45, 7) is 8.62. The highest BCUT2D eigenvalue weighted by Gasteiger charge is 2.21. The maximum absolute atomic E-state index is 11.8. The van der Waals surface area contributed by atoms with E-state index in [9.17, 15) is 13.5 Å². The van der Waals surface area contributed by atoms with E-state index in [4.69, 9.17) is 0 Å². The number of hydrogen-bond donors (Lipinski definition) is 2. The summed E-state index contributed by atoms with van der Waals surface area (Å²) in [6.07, 6.45) is 1.70. The van der Waals surface area contributed by atoms with Gasteiger partial charge in [0.25, 0.3) is 10.2 Å². The van der Waals surface area contributed by atoms with Crippen molar-refractivity contribution in [1.29, 1.82) is 0 Å². The molecule has 0 aliphatic carbocycles. The lowest BCUT2D eigenvalue weighted by molar-refractivity contribution is 0.124. The number of rotatable bonds is 8. The Morgan fingerprint density at radius 1 is 1.33 bits per heavy atom. The quantitative estimate of drug-likeness (QED) is 0.705. The molecule has 0 radical (unpaired) electrons. The summed E-state index contributed by atoms with van der Waals surface area (Å²) in [5.74, 6) is 0. The summed E-state index contributed by atoms with van der Waals surface area (Å²) in [5, 5.41) is 9.76. The summed E-state index contributed by atoms with van der Waals surface area (Å²) in [7, 11) is -1.91. The lowest BCUT2D eigenvalue weighted by atomic mass is 9.89. The third kappa shape index (κ3) is 8.02. The molecule has 18 heavy (non-hydrogen) atoms. The molecule has 0 saturated carbocycles. The summed E-state index contributed by atoms with van der Waals surface area (Å²) in [4.78, 5) is 0. The van der Waals surface area contributed by atoms with Crippen LogP contribution in [0, 0.1) is 5.41 Å². The Balaban J connectivity index is 4.18. The van der Waals surface area contributed by atoms with Crippen molar-refractivity contribution in [2.75, 3.05) is 20.1 Å². The zero-order chi connectivity index (χ0) is 14.4. The first-order valence-electron chi connectivity index (χ1n) is 6.47. The van der Waals surface area contributed by atoms with Gasteiger partial charge in [0, 0.05) is 20.1 Å². The van der Waals surface area contributed by atoms with Crippen LogP contribution in [0.4, 0.5) is 0 Å². The topological polar surface area (TPSA) is 69.6 Å². The van der Waals surface area contributed by atoms with Gasteiger partial charge in [-0.15, -0.1) is 0 Å². The number of hydrogen-bond acceptors (Lipinski definition) is 3. The van der Waals surface area contributed by atoms with Crippen LogP contribution in [0.25, 0.3) is 0 Å². The maximum Gasteiger partial charge on any atom is 0.279 e. The van der Waals surface area contributed by atoms with Crippen LogP contribution in [-0.4, -0.2) is 44.1 Å². The summed E-state index contributed by atoms with van der Waals surface area (Å²) in [5.41, 5.74) is -0.0149. The fraction of sp³-hybridized carbons (Fsp3) is 1.00. The molecule has 1 unspecified atom stereocenters. The van der Waals surface area contributed by atoms with E-state index >= 15 is 0 Å². The van der Waals surface area contributed by atoms with Gasteiger partial charge in [0.15, 0.2) is 0 Å². The van der Waals surface area contributed by atoms with Gasteiger partial charge in [-0.05, 0) is 18.3 Å². The molecular formula is C12H28N2O3S. The highest BCUT2D eigenvalue weighted by atomic mass is 32.2. The Labute approximate surface area is 112 Å². The normalized spacial score (nSPS) is 15.1. The van der Waals surface area contributed by atoms with Gasteiger partial charge in [-0.2, -0.15) is 17.4 Å². The van der Waals surface area contributed by atoms with Gasteiger partial charge in [-0.1, -0.05) is 34.1 Å². The predicted octanol–water partition coefficient (Wildman–Crippen LogP) is 1.35. The first kappa shape index (κ1) is 17.8. The molecule has 2 N–H and O–H groups in total. The summed E-state index contributed by atoms with van der Waals surface area (Å²) < 4.78 is 27.4. The van der Waals surface area contributed by atoms with Crippen LogP contribution in [0.2, 0.25) is 0 Å². The average molecular weight is 280 g/mol. The first-order chi connectivity index (χ1) is 8.08. The molecule has 0 fully saturated rings. The van der Waals surface area contributed by atoms with Crippen LogP contribution >= 0.6 is 0 Å². The van der Waals surface area contributed by atoms with E-state index in [1.165, 1.54) is 4.31 Å². The molecule has 0 aromatic carbocycles. The minimum absolute atomic E-state index is 0.0149. The van der Waals surface area contributed by atoms with Gasteiger partial charge in [0.1, 0.15) is 0 Å². The SMILES string of the molecule is CCCCN(C)S(=O)(=O)NCC(O)CC(C)(C)C. The fourth-order valence-corrected chi connectivity index (χ4v) is 2.58. The van der Waals surface area contributed by atoms with Crippen LogP contribution in [0.15, 0.2) is 0 Å². The molecule has 5 nitrogen and oxygen atoms in total. The first-order valence-corrected chi connectivity index (χ1v) is 7.91. The van der Waals surface area contributed by atoms with E-state index in [1.807, 2.05) is 27.7 Å². The van der Waals surface area contributed by atoms with Crippen molar-refractivity contribution in [3.8, 4) is 0 Å². The minimum Gasteiger partial charge on any atom is -0.392 e. The third-order valence-corrected chi connectivity index (χ3v) is 4.12. The van der Waals surface area contributed by atoms with Gasteiger partial charge >= 0.3 is 0 Å². The molecule has 0 aliphatic rings. The molecule has 0 spiro atoms. The smallest absolute Gasteiger partial charge is 0.279 e. The van der Waals surface area contributed by atoms with E-state index < -0.39 is 16.3 Å². The van der Waals surface area contributed by atoms with Crippen LogP contribution in [0.3, 0.4) is 0 Å². The van der Waals surface area contributed by atoms with Crippen molar-refractivity contribution < 1.29 is 13.5 Å². The molecule has 0 bridgehead atoms. The average Bonchev–Trinajstić information content (AvgIpc) is 2.20. The molecule has 0 heterocycles. The lowest BCUT2D eigenvalue weighted by Gasteiger charge is -2.23. The highest BCUT2D eigenvalue weighted by Crippen LogP contribution is 2.20. The number of aliphatic hydroxyl groups is 1. The van der Waals surface area contributed by atoms with Crippen molar-refractivity contribution in [1.82, 2.24) is 9.03 Å². The fourth-order valence-electron chi connectivity index (χ4n) is 1.59. The van der Waals surface area contributed by atoms with E-state index in [0.717, 1.165) is 12.8 Å². The van der Waals surface area contributed by atoms with Gasteiger partial charge in [0.2, 0.25) is 0 Å². The van der Waals surface area contributed by atoms with Crippen molar-refractivity contribution >= 4 is 10.2 Å². The molecule has 0 aromatic heterocycles. The predicted molar refractivity (Wildman–Crippen MR) is 74.5 cm³/mol. The molecule has 1 atom stereocenters. The molecule has 0 saturated heterocycles. The summed E-state index contributed by atoms with van der Waals surface area (Å²) >= 11 is 0. The molecule has 0 aromatic rings. The molecule has 0 amide bonds. The van der Waals surface area contributed by atoms with Crippen LogP contribution in [0.5, 0.6) is 0 Å². The van der Waals surface area contributed by atoms with Crippen molar-refractivity contribution in [3.63, 3.8) is 0 Å². The van der Waals surface area contributed by atoms with Gasteiger partial charge in [-0.25, -0.2) is 0 Å². The Morgan fingerprint density at radius 2 is 1.89 bits per heavy atom. The molecular weight excluding hydrogens is 252 g/mol. The van der Waals surface area contributed by atoms with Gasteiger partial charge in [-0.3, -0.25) is 0 Å². The van der Waals surface area contributed by atoms with E-state index in [-0.39, 0.29) is 12.0 Å².